The highest BCUT2D eigenvalue weighted by molar-refractivity contribution is 5.79. The number of nitrogens with zero attached hydrogens (tertiary/aromatic N) is 5. The second-order valence-electron chi connectivity index (χ2n) is 7.65. The fourth-order valence-electron chi connectivity index (χ4n) is 4.18. The molecule has 1 aromatic carbocycles. The van der Waals surface area contributed by atoms with Crippen molar-refractivity contribution in [3.05, 3.63) is 71.0 Å². The average molecular weight is 404 g/mol. The lowest BCUT2D eigenvalue weighted by Crippen LogP contribution is -2.45. The Balaban J connectivity index is 1.37. The highest BCUT2D eigenvalue weighted by atomic mass is 16.3. The number of fused-ring (bicyclic) bond motifs is 1. The van der Waals surface area contributed by atoms with Crippen LogP contribution >= 0.6 is 0 Å². The largest absolute Gasteiger partial charge is 0.467 e. The van der Waals surface area contributed by atoms with E-state index in [2.05, 4.69) is 36.5 Å². The molecule has 1 aliphatic heterocycles. The molecule has 4 aromatic rings. The van der Waals surface area contributed by atoms with E-state index in [1.54, 1.807) is 12.5 Å². The van der Waals surface area contributed by atoms with Crippen LogP contribution in [-0.4, -0.2) is 45.7 Å². The first-order chi connectivity index (χ1) is 14.7. The third kappa shape index (κ3) is 3.45. The van der Waals surface area contributed by atoms with Gasteiger partial charge < -0.3 is 18.8 Å². The van der Waals surface area contributed by atoms with Gasteiger partial charge in [-0.2, -0.15) is 0 Å². The molecular weight excluding hydrogens is 380 g/mol. The van der Waals surface area contributed by atoms with Crippen LogP contribution in [0.5, 0.6) is 0 Å². The van der Waals surface area contributed by atoms with Gasteiger partial charge in [0.25, 0.3) is 5.56 Å². The molecule has 0 amide bonds. The molecule has 1 aliphatic rings. The van der Waals surface area contributed by atoms with Crippen molar-refractivity contribution < 1.29 is 4.42 Å². The van der Waals surface area contributed by atoms with Gasteiger partial charge in [-0.3, -0.25) is 9.78 Å². The van der Waals surface area contributed by atoms with Crippen molar-refractivity contribution >= 4 is 22.9 Å². The third-order valence-electron chi connectivity index (χ3n) is 5.82. The van der Waals surface area contributed by atoms with Crippen molar-refractivity contribution in [1.82, 2.24) is 19.5 Å². The number of hydrogen-bond donors (Lipinski definition) is 1. The van der Waals surface area contributed by atoms with E-state index in [4.69, 9.17) is 9.40 Å². The maximum Gasteiger partial charge on any atom is 0.252 e. The molecule has 0 spiro atoms. The smallest absolute Gasteiger partial charge is 0.252 e. The van der Waals surface area contributed by atoms with E-state index in [9.17, 15) is 4.79 Å². The highest BCUT2D eigenvalue weighted by Gasteiger charge is 2.27. The highest BCUT2D eigenvalue weighted by Crippen LogP contribution is 2.28. The predicted molar refractivity (Wildman–Crippen MR) is 116 cm³/mol. The number of H-pyrrole nitrogens is 1. The zero-order valence-corrected chi connectivity index (χ0v) is 16.9. The molecule has 154 valence electrons. The lowest BCUT2D eigenvalue weighted by atomic mass is 10.0. The van der Waals surface area contributed by atoms with Crippen molar-refractivity contribution in [3.63, 3.8) is 0 Å². The fraction of sp³-hybridized carbons (Fsp3) is 0.318. The Kier molecular flexibility index (Phi) is 4.74. The van der Waals surface area contributed by atoms with Crippen LogP contribution in [-0.2, 0) is 6.54 Å². The van der Waals surface area contributed by atoms with Gasteiger partial charge in [-0.25, -0.2) is 9.97 Å². The topological polar surface area (TPSA) is 83.2 Å². The van der Waals surface area contributed by atoms with Gasteiger partial charge in [-0.05, 0) is 37.1 Å². The van der Waals surface area contributed by atoms with E-state index in [0.717, 1.165) is 48.7 Å². The quantitative estimate of drug-likeness (QED) is 0.551. The number of aromatic nitrogens is 4. The van der Waals surface area contributed by atoms with Crippen molar-refractivity contribution in [2.45, 2.75) is 25.4 Å². The van der Waals surface area contributed by atoms with Gasteiger partial charge in [0.1, 0.15) is 5.76 Å². The SMILES string of the molecule is CN(c1nccc(=O)[nH]1)C1CCN(c2nc3ccccc3n2Cc2ccco2)CC1. The minimum atomic E-state index is -0.129. The van der Waals surface area contributed by atoms with E-state index < -0.39 is 0 Å². The van der Waals surface area contributed by atoms with Crippen LogP contribution in [0.4, 0.5) is 11.9 Å². The summed E-state index contributed by atoms with van der Waals surface area (Å²) < 4.78 is 7.83. The molecule has 8 nitrogen and oxygen atoms in total. The summed E-state index contributed by atoms with van der Waals surface area (Å²) in [6.45, 7) is 2.42. The fourth-order valence-corrected chi connectivity index (χ4v) is 4.18. The molecule has 0 unspecified atom stereocenters. The Morgan fingerprint density at radius 3 is 2.77 bits per heavy atom. The zero-order chi connectivity index (χ0) is 20.5. The van der Waals surface area contributed by atoms with E-state index in [1.165, 1.54) is 6.07 Å². The zero-order valence-electron chi connectivity index (χ0n) is 16.9. The van der Waals surface area contributed by atoms with Crippen LogP contribution in [0.2, 0.25) is 0 Å². The van der Waals surface area contributed by atoms with Gasteiger partial charge >= 0.3 is 0 Å². The summed E-state index contributed by atoms with van der Waals surface area (Å²) in [4.78, 5) is 28.1. The second-order valence-corrected chi connectivity index (χ2v) is 7.65. The molecule has 1 saturated heterocycles. The third-order valence-corrected chi connectivity index (χ3v) is 5.82. The Bertz CT molecular complexity index is 1190. The first kappa shape index (κ1) is 18.5. The molecule has 5 rings (SSSR count). The summed E-state index contributed by atoms with van der Waals surface area (Å²) >= 11 is 0. The number of anilines is 2. The monoisotopic (exact) mass is 404 g/mol. The summed E-state index contributed by atoms with van der Waals surface area (Å²) in [5.74, 6) is 2.50. The van der Waals surface area contributed by atoms with E-state index in [0.29, 0.717) is 18.5 Å². The molecule has 4 heterocycles. The summed E-state index contributed by atoms with van der Waals surface area (Å²) in [5.41, 5.74) is 1.97. The van der Waals surface area contributed by atoms with Gasteiger partial charge in [-0.15, -0.1) is 0 Å². The summed E-state index contributed by atoms with van der Waals surface area (Å²) in [5, 5.41) is 0. The number of rotatable bonds is 5. The van der Waals surface area contributed by atoms with E-state index in [-0.39, 0.29) is 5.56 Å². The number of benzene rings is 1. The summed E-state index contributed by atoms with van der Waals surface area (Å²) in [6.07, 6.45) is 5.17. The van der Waals surface area contributed by atoms with Crippen LogP contribution in [0.15, 0.2) is 64.1 Å². The molecule has 0 atom stereocenters. The molecule has 0 aliphatic carbocycles. The number of para-hydroxylation sites is 2. The van der Waals surface area contributed by atoms with Crippen molar-refractivity contribution in [1.29, 1.82) is 0 Å². The van der Waals surface area contributed by atoms with Gasteiger partial charge in [-0.1, -0.05) is 12.1 Å². The van der Waals surface area contributed by atoms with E-state index >= 15 is 0 Å². The molecule has 1 fully saturated rings. The van der Waals surface area contributed by atoms with E-state index in [1.807, 2.05) is 31.3 Å². The normalized spacial score (nSPS) is 15.0. The van der Waals surface area contributed by atoms with Crippen molar-refractivity contribution in [2.24, 2.45) is 0 Å². The second kappa shape index (κ2) is 7.70. The van der Waals surface area contributed by atoms with Crippen LogP contribution in [0.25, 0.3) is 11.0 Å². The first-order valence-corrected chi connectivity index (χ1v) is 10.2. The standard InChI is InChI=1S/C22H24N6O2/c1-26(21-23-11-8-20(29)25-21)16-9-12-27(13-10-16)22-24-18-6-2-3-7-19(18)28(22)15-17-5-4-14-30-17/h2-8,11,14,16H,9-10,12-13,15H2,1H3,(H,23,25,29). The van der Waals surface area contributed by atoms with Gasteiger partial charge in [0.15, 0.2) is 0 Å². The Labute approximate surface area is 173 Å². The predicted octanol–water partition coefficient (Wildman–Crippen LogP) is 2.87. The summed E-state index contributed by atoms with van der Waals surface area (Å²) in [6, 6.07) is 13.9. The molecule has 0 radical (unpaired) electrons. The average Bonchev–Trinajstić information content (AvgIpc) is 3.42. The van der Waals surface area contributed by atoms with Crippen LogP contribution in [0, 0.1) is 0 Å². The number of aromatic amines is 1. The van der Waals surface area contributed by atoms with Gasteiger partial charge in [0, 0.05) is 38.4 Å². The molecule has 30 heavy (non-hydrogen) atoms. The number of nitrogens with one attached hydrogen (secondary N) is 1. The first-order valence-electron chi connectivity index (χ1n) is 10.2. The lowest BCUT2D eigenvalue weighted by Gasteiger charge is -2.37. The van der Waals surface area contributed by atoms with Crippen LogP contribution in [0.1, 0.15) is 18.6 Å². The number of imidazole rings is 1. The Morgan fingerprint density at radius 1 is 1.17 bits per heavy atom. The van der Waals surface area contributed by atoms with Crippen molar-refractivity contribution in [3.8, 4) is 0 Å². The summed E-state index contributed by atoms with van der Waals surface area (Å²) in [7, 11) is 1.99. The number of hydrogen-bond acceptors (Lipinski definition) is 6. The van der Waals surface area contributed by atoms with Crippen LogP contribution in [0.3, 0.4) is 0 Å². The number of piperidine rings is 1. The van der Waals surface area contributed by atoms with Crippen LogP contribution < -0.4 is 15.4 Å². The maximum absolute atomic E-state index is 11.6. The number of furan rings is 1. The minimum Gasteiger partial charge on any atom is -0.467 e. The van der Waals surface area contributed by atoms with Crippen molar-refractivity contribution in [2.75, 3.05) is 29.9 Å². The van der Waals surface area contributed by atoms with Gasteiger partial charge in [0.05, 0.1) is 23.8 Å². The maximum atomic E-state index is 11.6. The molecule has 0 saturated carbocycles. The molecular formula is C22H24N6O2. The van der Waals surface area contributed by atoms with Gasteiger partial charge in [0.2, 0.25) is 11.9 Å². The Hall–Kier alpha value is -3.55. The molecule has 8 heteroatoms. The minimum absolute atomic E-state index is 0.129. The molecule has 1 N–H and O–H groups in total. The molecule has 0 bridgehead atoms. The Morgan fingerprint density at radius 2 is 2.00 bits per heavy atom. The molecule has 3 aromatic heterocycles. The lowest BCUT2D eigenvalue weighted by molar-refractivity contribution is 0.463.